The number of nitrogens with zero attached hydrogens (tertiary/aromatic N) is 2. The van der Waals surface area contributed by atoms with Gasteiger partial charge in [-0.1, -0.05) is 12.1 Å². The van der Waals surface area contributed by atoms with Crippen molar-refractivity contribution in [3.05, 3.63) is 39.9 Å². The van der Waals surface area contributed by atoms with Gasteiger partial charge in [0.15, 0.2) is 0 Å². The number of likely N-dealkylation sites (N-methyl/N-ethyl adjacent to an activating group) is 1. The van der Waals surface area contributed by atoms with Crippen LogP contribution < -0.4 is 0 Å². The quantitative estimate of drug-likeness (QED) is 0.579. The number of aliphatic hydroxyl groups excluding tert-OH is 2. The summed E-state index contributed by atoms with van der Waals surface area (Å²) in [4.78, 5) is 11.9. The van der Waals surface area contributed by atoms with E-state index in [2.05, 4.69) is 0 Å². The van der Waals surface area contributed by atoms with Gasteiger partial charge in [0.2, 0.25) is 0 Å². The summed E-state index contributed by atoms with van der Waals surface area (Å²) in [5.41, 5.74) is 0.0746. The van der Waals surface area contributed by atoms with E-state index in [1.807, 2.05) is 0 Å². The van der Waals surface area contributed by atoms with Crippen molar-refractivity contribution in [1.82, 2.24) is 4.90 Å². The lowest BCUT2D eigenvalue weighted by Gasteiger charge is -2.27. The number of aliphatic hydroxyl groups is 2. The molecule has 0 aromatic heterocycles. The second-order valence-corrected chi connectivity index (χ2v) is 3.97. The van der Waals surface area contributed by atoms with E-state index >= 15 is 0 Å². The first kappa shape index (κ1) is 13.6. The Morgan fingerprint density at radius 3 is 2.47 bits per heavy atom. The summed E-state index contributed by atoms with van der Waals surface area (Å²) in [6, 6.07) is 5.42. The summed E-state index contributed by atoms with van der Waals surface area (Å²) in [5, 5.41) is 30.1. The third kappa shape index (κ3) is 3.00. The van der Waals surface area contributed by atoms with Crippen molar-refractivity contribution < 1.29 is 15.1 Å². The van der Waals surface area contributed by atoms with Crippen molar-refractivity contribution in [2.24, 2.45) is 0 Å². The lowest BCUT2D eigenvalue weighted by molar-refractivity contribution is -0.386. The molecule has 0 spiro atoms. The fraction of sp³-hybridized carbons (Fsp3) is 0.455. The normalized spacial score (nSPS) is 14.6. The lowest BCUT2D eigenvalue weighted by Crippen LogP contribution is -2.37. The van der Waals surface area contributed by atoms with Crippen LogP contribution in [0.15, 0.2) is 24.3 Å². The molecule has 1 aromatic rings. The molecule has 2 N–H and O–H groups in total. The van der Waals surface area contributed by atoms with E-state index in [0.717, 1.165) is 0 Å². The van der Waals surface area contributed by atoms with Crippen molar-refractivity contribution in [3.63, 3.8) is 0 Å². The van der Waals surface area contributed by atoms with Gasteiger partial charge >= 0.3 is 0 Å². The Labute approximate surface area is 99.3 Å². The van der Waals surface area contributed by atoms with Gasteiger partial charge in [-0.3, -0.25) is 10.1 Å². The summed E-state index contributed by atoms with van der Waals surface area (Å²) in [7, 11) is 3.39. The van der Waals surface area contributed by atoms with Gasteiger partial charge in [0, 0.05) is 6.07 Å². The highest BCUT2D eigenvalue weighted by atomic mass is 16.6. The van der Waals surface area contributed by atoms with Crippen LogP contribution in [0.5, 0.6) is 0 Å². The van der Waals surface area contributed by atoms with Crippen LogP contribution in [0.2, 0.25) is 0 Å². The van der Waals surface area contributed by atoms with Crippen LogP contribution in [-0.2, 0) is 0 Å². The van der Waals surface area contributed by atoms with E-state index in [1.54, 1.807) is 25.1 Å². The predicted molar refractivity (Wildman–Crippen MR) is 62.6 cm³/mol. The van der Waals surface area contributed by atoms with E-state index in [4.69, 9.17) is 0 Å². The molecule has 2 atom stereocenters. The molecule has 0 aliphatic carbocycles. The average molecular weight is 240 g/mol. The first-order chi connectivity index (χ1) is 7.99. The number of rotatable bonds is 5. The van der Waals surface area contributed by atoms with Gasteiger partial charge in [0.1, 0.15) is 6.10 Å². The molecular formula is C11H16N2O4. The zero-order valence-electron chi connectivity index (χ0n) is 9.78. The molecule has 0 heterocycles. The third-order valence-corrected chi connectivity index (χ3v) is 2.67. The Morgan fingerprint density at radius 1 is 1.41 bits per heavy atom. The monoisotopic (exact) mass is 240 g/mol. The molecule has 1 rings (SSSR count). The number of benzene rings is 1. The van der Waals surface area contributed by atoms with Crippen molar-refractivity contribution in [1.29, 1.82) is 0 Å². The molecule has 0 radical (unpaired) electrons. The maximum Gasteiger partial charge on any atom is 0.275 e. The van der Waals surface area contributed by atoms with Gasteiger partial charge in [0.25, 0.3) is 5.69 Å². The van der Waals surface area contributed by atoms with E-state index in [1.165, 1.54) is 18.2 Å². The number of para-hydroxylation sites is 1. The van der Waals surface area contributed by atoms with Crippen LogP contribution in [0.25, 0.3) is 0 Å². The zero-order chi connectivity index (χ0) is 13.0. The van der Waals surface area contributed by atoms with E-state index in [9.17, 15) is 20.3 Å². The molecule has 6 heteroatoms. The molecule has 0 bridgehead atoms. The molecule has 2 unspecified atom stereocenters. The number of nitro benzene ring substituents is 1. The largest absolute Gasteiger partial charge is 0.395 e. The second-order valence-electron chi connectivity index (χ2n) is 3.97. The van der Waals surface area contributed by atoms with Crippen molar-refractivity contribution in [2.75, 3.05) is 20.7 Å². The maximum absolute atomic E-state index is 10.8. The standard InChI is InChI=1S/C11H16N2O4/c1-12(2)10(7-14)11(15)8-5-3-4-6-9(8)13(16)17/h3-6,10-11,14-15H,7H2,1-2H3. The van der Waals surface area contributed by atoms with Gasteiger partial charge in [-0.15, -0.1) is 0 Å². The van der Waals surface area contributed by atoms with Crippen molar-refractivity contribution >= 4 is 5.69 Å². The highest BCUT2D eigenvalue weighted by molar-refractivity contribution is 5.41. The van der Waals surface area contributed by atoms with Crippen LogP contribution in [0.1, 0.15) is 11.7 Å². The minimum atomic E-state index is -1.10. The Hall–Kier alpha value is -1.50. The van der Waals surface area contributed by atoms with Crippen LogP contribution in [-0.4, -0.2) is 46.8 Å². The Morgan fingerprint density at radius 2 is 2.00 bits per heavy atom. The fourth-order valence-electron chi connectivity index (χ4n) is 1.66. The Balaban J connectivity index is 3.10. The highest BCUT2D eigenvalue weighted by Crippen LogP contribution is 2.28. The molecule has 17 heavy (non-hydrogen) atoms. The highest BCUT2D eigenvalue weighted by Gasteiger charge is 2.27. The topological polar surface area (TPSA) is 86.8 Å². The molecule has 94 valence electrons. The molecular weight excluding hydrogens is 224 g/mol. The molecule has 0 aliphatic rings. The van der Waals surface area contributed by atoms with Crippen LogP contribution in [0.3, 0.4) is 0 Å². The van der Waals surface area contributed by atoms with Crippen LogP contribution >= 0.6 is 0 Å². The van der Waals surface area contributed by atoms with E-state index in [-0.39, 0.29) is 17.9 Å². The molecule has 6 nitrogen and oxygen atoms in total. The predicted octanol–water partition coefficient (Wildman–Crippen LogP) is 0.551. The van der Waals surface area contributed by atoms with Crippen molar-refractivity contribution in [3.8, 4) is 0 Å². The second kappa shape index (κ2) is 5.72. The Kier molecular flexibility index (Phi) is 4.56. The van der Waals surface area contributed by atoms with Gasteiger partial charge in [-0.05, 0) is 20.2 Å². The van der Waals surface area contributed by atoms with E-state index in [0.29, 0.717) is 0 Å². The molecule has 0 fully saturated rings. The molecule has 0 saturated carbocycles. The molecule has 0 saturated heterocycles. The summed E-state index contributed by atoms with van der Waals surface area (Å²) in [6.45, 7) is -0.278. The first-order valence-corrected chi connectivity index (χ1v) is 5.17. The van der Waals surface area contributed by atoms with Crippen LogP contribution in [0.4, 0.5) is 5.69 Å². The third-order valence-electron chi connectivity index (χ3n) is 2.67. The zero-order valence-corrected chi connectivity index (χ0v) is 9.78. The summed E-state index contributed by atoms with van der Waals surface area (Å²) in [5.74, 6) is 0. The van der Waals surface area contributed by atoms with Gasteiger partial charge < -0.3 is 15.1 Å². The molecule has 0 amide bonds. The summed E-state index contributed by atoms with van der Waals surface area (Å²) < 4.78 is 0. The first-order valence-electron chi connectivity index (χ1n) is 5.17. The van der Waals surface area contributed by atoms with Crippen molar-refractivity contribution in [2.45, 2.75) is 12.1 Å². The molecule has 0 aliphatic heterocycles. The van der Waals surface area contributed by atoms with Gasteiger partial charge in [0.05, 0.1) is 23.1 Å². The maximum atomic E-state index is 10.8. The minimum absolute atomic E-state index is 0.139. The average Bonchev–Trinajstić information content (AvgIpc) is 2.29. The lowest BCUT2D eigenvalue weighted by atomic mass is 10.0. The number of hydrogen-bond donors (Lipinski definition) is 2. The van der Waals surface area contributed by atoms with Gasteiger partial charge in [-0.2, -0.15) is 0 Å². The van der Waals surface area contributed by atoms with Crippen LogP contribution in [0, 0.1) is 10.1 Å². The summed E-state index contributed by atoms with van der Waals surface area (Å²) >= 11 is 0. The fourth-order valence-corrected chi connectivity index (χ4v) is 1.66. The van der Waals surface area contributed by atoms with E-state index < -0.39 is 17.1 Å². The summed E-state index contributed by atoms with van der Waals surface area (Å²) in [6.07, 6.45) is -1.10. The Bertz CT molecular complexity index is 395. The SMILES string of the molecule is CN(C)C(CO)C(O)c1ccccc1[N+](=O)[O-]. The molecule has 1 aromatic carbocycles. The van der Waals surface area contributed by atoms with Gasteiger partial charge in [-0.25, -0.2) is 0 Å². The minimum Gasteiger partial charge on any atom is -0.395 e. The smallest absolute Gasteiger partial charge is 0.275 e. The number of hydrogen-bond acceptors (Lipinski definition) is 5. The number of nitro groups is 1.